The smallest absolute Gasteiger partial charge is 0.338 e. The molecule has 100 valence electrons. The number of esters is 1. The molecule has 0 aromatic heterocycles. The number of benzene rings is 1. The van der Waals surface area contributed by atoms with E-state index in [1.807, 2.05) is 0 Å². The summed E-state index contributed by atoms with van der Waals surface area (Å²) in [4.78, 5) is 11.5. The molecule has 0 bridgehead atoms. The minimum absolute atomic E-state index is 0.0586. The topological polar surface area (TPSA) is 86.5 Å². The molecule has 0 radical (unpaired) electrons. The highest BCUT2D eigenvalue weighted by Crippen LogP contribution is 2.25. The second-order valence-electron chi connectivity index (χ2n) is 4.08. The number of rotatable bonds is 3. The highest BCUT2D eigenvalue weighted by Gasteiger charge is 2.19. The van der Waals surface area contributed by atoms with E-state index < -0.39 is 16.0 Å². The molecule has 0 aliphatic carbocycles. The van der Waals surface area contributed by atoms with E-state index in [0.29, 0.717) is 5.56 Å². The third kappa shape index (κ3) is 3.44. The van der Waals surface area contributed by atoms with Gasteiger partial charge in [0.2, 0.25) is 10.0 Å². The first kappa shape index (κ1) is 14.9. The van der Waals surface area contributed by atoms with Crippen molar-refractivity contribution in [1.29, 1.82) is 0 Å². The molecule has 0 saturated heterocycles. The predicted molar refractivity (Wildman–Crippen MR) is 68.1 cm³/mol. The van der Waals surface area contributed by atoms with Gasteiger partial charge in [0.05, 0.1) is 16.6 Å². The second kappa shape index (κ2) is 5.26. The lowest BCUT2D eigenvalue weighted by atomic mass is 10.1. The molecule has 0 amide bonds. The maximum atomic E-state index is 11.7. The number of primary sulfonamides is 1. The van der Waals surface area contributed by atoms with Gasteiger partial charge in [-0.25, -0.2) is 18.4 Å². The van der Waals surface area contributed by atoms with Crippen LogP contribution in [0.2, 0.25) is 5.02 Å². The van der Waals surface area contributed by atoms with Crippen LogP contribution >= 0.6 is 11.6 Å². The number of ether oxygens (including phenoxy) is 1. The van der Waals surface area contributed by atoms with Crippen molar-refractivity contribution in [2.45, 2.75) is 31.8 Å². The lowest BCUT2D eigenvalue weighted by Gasteiger charge is -2.11. The number of hydrogen-bond donors (Lipinski definition) is 1. The van der Waals surface area contributed by atoms with Crippen LogP contribution in [0.3, 0.4) is 0 Å². The summed E-state index contributed by atoms with van der Waals surface area (Å²) in [5, 5.41) is 5.21. The first-order valence-electron chi connectivity index (χ1n) is 5.17. The molecule has 0 fully saturated rings. The van der Waals surface area contributed by atoms with E-state index in [2.05, 4.69) is 0 Å². The van der Waals surface area contributed by atoms with Crippen LogP contribution in [0.25, 0.3) is 0 Å². The van der Waals surface area contributed by atoms with E-state index in [1.54, 1.807) is 13.8 Å². The Morgan fingerprint density at radius 3 is 2.39 bits per heavy atom. The van der Waals surface area contributed by atoms with Gasteiger partial charge in [-0.1, -0.05) is 11.6 Å². The Kier molecular flexibility index (Phi) is 4.37. The van der Waals surface area contributed by atoms with Gasteiger partial charge in [-0.05, 0) is 38.5 Å². The van der Waals surface area contributed by atoms with Crippen LogP contribution in [0, 0.1) is 6.92 Å². The summed E-state index contributed by atoms with van der Waals surface area (Å²) < 4.78 is 27.7. The lowest BCUT2D eigenvalue weighted by molar-refractivity contribution is 0.0377. The van der Waals surface area contributed by atoms with Gasteiger partial charge in [0.25, 0.3) is 0 Å². The zero-order valence-electron chi connectivity index (χ0n) is 10.2. The molecule has 5 nitrogen and oxygen atoms in total. The van der Waals surface area contributed by atoms with Gasteiger partial charge >= 0.3 is 5.97 Å². The Bertz CT molecular complexity index is 581. The van der Waals surface area contributed by atoms with E-state index in [0.717, 1.165) is 0 Å². The Morgan fingerprint density at radius 2 is 1.94 bits per heavy atom. The van der Waals surface area contributed by atoms with Gasteiger partial charge in [0.15, 0.2) is 0 Å². The molecule has 1 aromatic carbocycles. The highest BCUT2D eigenvalue weighted by atomic mass is 35.5. The zero-order valence-corrected chi connectivity index (χ0v) is 11.8. The molecule has 0 aliphatic heterocycles. The molecule has 0 atom stereocenters. The molecule has 18 heavy (non-hydrogen) atoms. The van der Waals surface area contributed by atoms with Crippen molar-refractivity contribution in [3.8, 4) is 0 Å². The van der Waals surface area contributed by atoms with Crippen molar-refractivity contribution in [1.82, 2.24) is 0 Å². The van der Waals surface area contributed by atoms with Crippen LogP contribution in [0.1, 0.15) is 29.8 Å². The van der Waals surface area contributed by atoms with Crippen molar-refractivity contribution in [2.24, 2.45) is 5.14 Å². The third-order valence-corrected chi connectivity index (χ3v) is 3.61. The van der Waals surface area contributed by atoms with E-state index in [1.165, 1.54) is 19.1 Å². The van der Waals surface area contributed by atoms with E-state index >= 15 is 0 Å². The van der Waals surface area contributed by atoms with Gasteiger partial charge in [-0.15, -0.1) is 0 Å². The predicted octanol–water partition coefficient (Wildman–Crippen LogP) is 1.86. The second-order valence-corrected chi connectivity index (χ2v) is 6.02. The van der Waals surface area contributed by atoms with Crippen LogP contribution in [0.5, 0.6) is 0 Å². The Labute approximate surface area is 111 Å². The molecule has 0 heterocycles. The minimum Gasteiger partial charge on any atom is -0.459 e. The first-order chi connectivity index (χ1) is 8.12. The van der Waals surface area contributed by atoms with Crippen molar-refractivity contribution in [3.05, 3.63) is 28.3 Å². The summed E-state index contributed by atoms with van der Waals surface area (Å²) in [6, 6.07) is 2.53. The van der Waals surface area contributed by atoms with Crippen LogP contribution < -0.4 is 5.14 Å². The fourth-order valence-electron chi connectivity index (χ4n) is 1.35. The van der Waals surface area contributed by atoms with E-state index in [9.17, 15) is 13.2 Å². The first-order valence-corrected chi connectivity index (χ1v) is 7.09. The Morgan fingerprint density at radius 1 is 1.39 bits per heavy atom. The van der Waals surface area contributed by atoms with Crippen molar-refractivity contribution >= 4 is 27.6 Å². The van der Waals surface area contributed by atoms with Crippen LogP contribution in [-0.4, -0.2) is 20.5 Å². The number of nitrogens with two attached hydrogens (primary N) is 1. The lowest BCUT2D eigenvalue weighted by Crippen LogP contribution is -2.17. The number of halogens is 1. The summed E-state index contributed by atoms with van der Waals surface area (Å²) in [6.07, 6.45) is -0.310. The van der Waals surface area contributed by atoms with Gasteiger partial charge < -0.3 is 4.74 Å². The summed E-state index contributed by atoms with van der Waals surface area (Å²) in [7, 11) is -3.93. The molecule has 1 aromatic rings. The average molecular weight is 292 g/mol. The van der Waals surface area contributed by atoms with Gasteiger partial charge in [0, 0.05) is 5.02 Å². The largest absolute Gasteiger partial charge is 0.459 e. The molecule has 0 saturated carbocycles. The van der Waals surface area contributed by atoms with Crippen LogP contribution in [0.4, 0.5) is 0 Å². The third-order valence-electron chi connectivity index (χ3n) is 2.18. The monoisotopic (exact) mass is 291 g/mol. The van der Waals surface area contributed by atoms with Gasteiger partial charge in [-0.3, -0.25) is 0 Å². The van der Waals surface area contributed by atoms with E-state index in [4.69, 9.17) is 21.5 Å². The fraction of sp³-hybridized carbons (Fsp3) is 0.364. The molecular formula is C11H14ClNO4S. The Hall–Kier alpha value is -1.11. The van der Waals surface area contributed by atoms with Gasteiger partial charge in [0.1, 0.15) is 0 Å². The quantitative estimate of drug-likeness (QED) is 0.861. The molecule has 1 rings (SSSR count). The minimum atomic E-state index is -3.93. The summed E-state index contributed by atoms with van der Waals surface area (Å²) in [6.45, 7) is 4.89. The maximum absolute atomic E-state index is 11.7. The normalized spacial score (nSPS) is 11.7. The number of carbonyl (C=O) groups excluding carboxylic acids is 1. The van der Waals surface area contributed by atoms with Crippen molar-refractivity contribution in [3.63, 3.8) is 0 Å². The van der Waals surface area contributed by atoms with Gasteiger partial charge in [-0.2, -0.15) is 0 Å². The molecule has 0 unspecified atom stereocenters. The van der Waals surface area contributed by atoms with E-state index in [-0.39, 0.29) is 21.6 Å². The summed E-state index contributed by atoms with van der Waals surface area (Å²) in [5.74, 6) is -0.642. The van der Waals surface area contributed by atoms with Crippen molar-refractivity contribution < 1.29 is 17.9 Å². The molecular weight excluding hydrogens is 278 g/mol. The van der Waals surface area contributed by atoms with Crippen LogP contribution in [-0.2, 0) is 14.8 Å². The Balaban J connectivity index is 3.34. The molecule has 0 spiro atoms. The number of carbonyl (C=O) groups is 1. The summed E-state index contributed by atoms with van der Waals surface area (Å²) >= 11 is 5.88. The maximum Gasteiger partial charge on any atom is 0.338 e. The fourth-order valence-corrected chi connectivity index (χ4v) is 2.45. The standard InChI is InChI=1S/C11H14ClNO4S/c1-6(2)17-11(14)8-4-9(12)7(3)10(5-8)18(13,15)16/h4-6H,1-3H3,(H2,13,15,16). The molecule has 2 N–H and O–H groups in total. The zero-order chi connectivity index (χ0) is 14.1. The van der Waals surface area contributed by atoms with Crippen molar-refractivity contribution in [2.75, 3.05) is 0 Å². The highest BCUT2D eigenvalue weighted by molar-refractivity contribution is 7.89. The van der Waals surface area contributed by atoms with Crippen LogP contribution in [0.15, 0.2) is 17.0 Å². The molecule has 0 aliphatic rings. The average Bonchev–Trinajstić information content (AvgIpc) is 2.18. The number of sulfonamides is 1. The number of hydrogen-bond acceptors (Lipinski definition) is 4. The SMILES string of the molecule is Cc1c(Cl)cc(C(=O)OC(C)C)cc1S(N)(=O)=O. The molecule has 7 heteroatoms. The summed E-state index contributed by atoms with van der Waals surface area (Å²) in [5.41, 5.74) is 0.364.